The van der Waals surface area contributed by atoms with Crippen LogP contribution in [0.4, 0.5) is 13.2 Å². The van der Waals surface area contributed by atoms with Crippen molar-refractivity contribution in [2.45, 2.75) is 24.9 Å². The summed E-state index contributed by atoms with van der Waals surface area (Å²) in [5, 5.41) is 0. The van der Waals surface area contributed by atoms with Gasteiger partial charge in [0.25, 0.3) is 5.91 Å². The number of benzene rings is 2. The van der Waals surface area contributed by atoms with Crippen LogP contribution in [0.1, 0.15) is 27.0 Å². The number of amides is 1. The van der Waals surface area contributed by atoms with Gasteiger partial charge in [-0.3, -0.25) is 4.79 Å². The zero-order valence-corrected chi connectivity index (χ0v) is 16.8. The van der Waals surface area contributed by atoms with Gasteiger partial charge in [0.2, 0.25) is 10.0 Å². The number of hydrogen-bond donors (Lipinski definition) is 0. The number of carbonyl (C=O) groups is 1. The van der Waals surface area contributed by atoms with Crippen LogP contribution in [-0.2, 0) is 16.2 Å². The molecule has 0 unspecified atom stereocenters. The highest BCUT2D eigenvalue weighted by molar-refractivity contribution is 7.89. The Hall–Kier alpha value is -2.39. The normalized spacial score (nSPS) is 16.1. The molecule has 0 aromatic heterocycles. The van der Waals surface area contributed by atoms with Gasteiger partial charge >= 0.3 is 6.18 Å². The van der Waals surface area contributed by atoms with Crippen LogP contribution in [0.15, 0.2) is 47.4 Å². The first kappa shape index (κ1) is 21.3. The second kappa shape index (κ2) is 7.79. The Balaban J connectivity index is 1.70. The average Bonchev–Trinajstić information content (AvgIpc) is 2.67. The maximum absolute atomic E-state index is 12.7. The molecule has 0 radical (unpaired) electrons. The fourth-order valence-electron chi connectivity index (χ4n) is 3.32. The zero-order valence-electron chi connectivity index (χ0n) is 16.0. The molecule has 9 heteroatoms. The molecule has 0 aliphatic carbocycles. The van der Waals surface area contributed by atoms with Crippen molar-refractivity contribution in [3.05, 3.63) is 64.7 Å². The number of nitrogens with zero attached hydrogens (tertiary/aromatic N) is 2. The first-order chi connectivity index (χ1) is 13.5. The summed E-state index contributed by atoms with van der Waals surface area (Å²) >= 11 is 0. The Bertz CT molecular complexity index is 1010. The average molecular weight is 426 g/mol. The number of halogens is 3. The Morgan fingerprint density at radius 2 is 1.52 bits per heavy atom. The van der Waals surface area contributed by atoms with Gasteiger partial charge in [0, 0.05) is 31.7 Å². The third-order valence-corrected chi connectivity index (χ3v) is 6.87. The molecule has 0 atom stereocenters. The number of hydrogen-bond acceptors (Lipinski definition) is 3. The Morgan fingerprint density at radius 1 is 0.931 bits per heavy atom. The quantitative estimate of drug-likeness (QED) is 0.755. The van der Waals surface area contributed by atoms with Gasteiger partial charge < -0.3 is 4.90 Å². The molecule has 156 valence electrons. The van der Waals surface area contributed by atoms with E-state index in [0.29, 0.717) is 5.56 Å². The monoisotopic (exact) mass is 426 g/mol. The zero-order chi connectivity index (χ0) is 21.4. The third-order valence-electron chi connectivity index (χ3n) is 4.96. The molecule has 0 saturated carbocycles. The standard InChI is InChI=1S/C20H21F3N2O3S/c1-14-3-8-18(15(2)13-14)19(26)24-9-11-25(12-10-24)29(27,28)17-6-4-16(5-7-17)20(21,22)23/h3-8,13H,9-12H2,1-2H3. The lowest BCUT2D eigenvalue weighted by atomic mass is 10.0. The van der Waals surface area contributed by atoms with E-state index in [1.54, 1.807) is 11.0 Å². The maximum Gasteiger partial charge on any atom is 0.416 e. The van der Waals surface area contributed by atoms with Crippen LogP contribution < -0.4 is 0 Å². The number of piperazine rings is 1. The number of aryl methyl sites for hydroxylation is 2. The van der Waals surface area contributed by atoms with Crippen LogP contribution in [-0.4, -0.2) is 49.7 Å². The molecular formula is C20H21F3N2O3S. The molecule has 0 N–H and O–H groups in total. The largest absolute Gasteiger partial charge is 0.416 e. The summed E-state index contributed by atoms with van der Waals surface area (Å²) in [6.07, 6.45) is -4.53. The van der Waals surface area contributed by atoms with E-state index in [1.165, 1.54) is 4.31 Å². The van der Waals surface area contributed by atoms with Gasteiger partial charge in [0.15, 0.2) is 0 Å². The van der Waals surface area contributed by atoms with Crippen LogP contribution in [0.5, 0.6) is 0 Å². The Labute approximate surface area is 167 Å². The van der Waals surface area contributed by atoms with Crippen LogP contribution in [0.25, 0.3) is 0 Å². The molecule has 1 aliphatic rings. The van der Waals surface area contributed by atoms with E-state index >= 15 is 0 Å². The van der Waals surface area contributed by atoms with E-state index in [2.05, 4.69) is 0 Å². The summed E-state index contributed by atoms with van der Waals surface area (Å²) in [7, 11) is -3.92. The van der Waals surface area contributed by atoms with Gasteiger partial charge in [-0.15, -0.1) is 0 Å². The van der Waals surface area contributed by atoms with Crippen LogP contribution in [0.2, 0.25) is 0 Å². The van der Waals surface area contributed by atoms with Gasteiger partial charge in [-0.1, -0.05) is 17.7 Å². The molecule has 0 bridgehead atoms. The van der Waals surface area contributed by atoms with E-state index in [0.717, 1.165) is 35.4 Å². The second-order valence-corrected chi connectivity index (χ2v) is 8.97. The minimum Gasteiger partial charge on any atom is -0.336 e. The van der Waals surface area contributed by atoms with Crippen LogP contribution >= 0.6 is 0 Å². The summed E-state index contributed by atoms with van der Waals surface area (Å²) in [5.74, 6) is -0.158. The van der Waals surface area contributed by atoms with E-state index < -0.39 is 21.8 Å². The van der Waals surface area contributed by atoms with E-state index in [4.69, 9.17) is 0 Å². The molecular weight excluding hydrogens is 405 g/mol. The number of alkyl halides is 3. The van der Waals surface area contributed by atoms with Crippen molar-refractivity contribution in [1.82, 2.24) is 9.21 Å². The lowest BCUT2D eigenvalue weighted by Crippen LogP contribution is -2.50. The maximum atomic E-state index is 12.7. The molecule has 5 nitrogen and oxygen atoms in total. The van der Waals surface area contributed by atoms with Crippen molar-refractivity contribution in [2.75, 3.05) is 26.2 Å². The molecule has 1 amide bonds. The van der Waals surface area contributed by atoms with Crippen molar-refractivity contribution in [3.63, 3.8) is 0 Å². The van der Waals surface area contributed by atoms with Crippen molar-refractivity contribution < 1.29 is 26.4 Å². The smallest absolute Gasteiger partial charge is 0.336 e. The van der Waals surface area contributed by atoms with E-state index in [-0.39, 0.29) is 37.0 Å². The van der Waals surface area contributed by atoms with Gasteiger partial charge in [-0.2, -0.15) is 17.5 Å². The number of sulfonamides is 1. The lowest BCUT2D eigenvalue weighted by molar-refractivity contribution is -0.137. The highest BCUT2D eigenvalue weighted by Gasteiger charge is 2.33. The second-order valence-electron chi connectivity index (χ2n) is 7.04. The predicted molar refractivity (Wildman–Crippen MR) is 102 cm³/mol. The fourth-order valence-corrected chi connectivity index (χ4v) is 4.74. The minimum atomic E-state index is -4.53. The van der Waals surface area contributed by atoms with Crippen LogP contribution in [0.3, 0.4) is 0 Å². The van der Waals surface area contributed by atoms with Gasteiger partial charge in [0.1, 0.15) is 0 Å². The summed E-state index contributed by atoms with van der Waals surface area (Å²) < 4.78 is 64.7. The van der Waals surface area contributed by atoms with Crippen LogP contribution in [0, 0.1) is 13.8 Å². The number of carbonyl (C=O) groups excluding carboxylic acids is 1. The molecule has 1 aliphatic heterocycles. The molecule has 1 heterocycles. The molecule has 2 aromatic carbocycles. The van der Waals surface area contributed by atoms with Crippen molar-refractivity contribution >= 4 is 15.9 Å². The molecule has 3 rings (SSSR count). The predicted octanol–water partition coefficient (Wildman–Crippen LogP) is 3.47. The Kier molecular flexibility index (Phi) is 5.73. The van der Waals surface area contributed by atoms with E-state index in [1.807, 2.05) is 26.0 Å². The topological polar surface area (TPSA) is 57.7 Å². The van der Waals surface area contributed by atoms with E-state index in [9.17, 15) is 26.4 Å². The van der Waals surface area contributed by atoms with Crippen molar-refractivity contribution in [3.8, 4) is 0 Å². The first-order valence-corrected chi connectivity index (χ1v) is 10.5. The minimum absolute atomic E-state index is 0.0833. The highest BCUT2D eigenvalue weighted by Crippen LogP contribution is 2.30. The number of rotatable bonds is 3. The Morgan fingerprint density at radius 3 is 2.03 bits per heavy atom. The highest BCUT2D eigenvalue weighted by atomic mass is 32.2. The SMILES string of the molecule is Cc1ccc(C(=O)N2CCN(S(=O)(=O)c3ccc(C(F)(F)F)cc3)CC2)c(C)c1. The first-order valence-electron chi connectivity index (χ1n) is 9.04. The van der Waals surface area contributed by atoms with Crippen molar-refractivity contribution in [2.24, 2.45) is 0 Å². The summed E-state index contributed by atoms with van der Waals surface area (Å²) in [6.45, 7) is 4.38. The molecule has 2 aromatic rings. The van der Waals surface area contributed by atoms with Gasteiger partial charge in [-0.25, -0.2) is 8.42 Å². The van der Waals surface area contributed by atoms with Crippen molar-refractivity contribution in [1.29, 1.82) is 0 Å². The summed E-state index contributed by atoms with van der Waals surface area (Å²) in [4.78, 5) is 14.1. The lowest BCUT2D eigenvalue weighted by Gasteiger charge is -2.34. The van der Waals surface area contributed by atoms with Gasteiger partial charge in [0.05, 0.1) is 10.5 Å². The van der Waals surface area contributed by atoms with Gasteiger partial charge in [-0.05, 0) is 49.7 Å². The summed E-state index contributed by atoms with van der Waals surface area (Å²) in [5.41, 5.74) is 1.58. The molecule has 1 saturated heterocycles. The molecule has 0 spiro atoms. The fraction of sp³-hybridized carbons (Fsp3) is 0.350. The molecule has 1 fully saturated rings. The summed E-state index contributed by atoms with van der Waals surface area (Å²) in [6, 6.07) is 8.97. The molecule has 29 heavy (non-hydrogen) atoms. The third kappa shape index (κ3) is 4.45.